The summed E-state index contributed by atoms with van der Waals surface area (Å²) >= 11 is 0. The predicted molar refractivity (Wildman–Crippen MR) is 89.8 cm³/mol. The molecular weight excluding hydrogens is 290 g/mol. The van der Waals surface area contributed by atoms with Crippen LogP contribution >= 0.6 is 0 Å². The van der Waals surface area contributed by atoms with E-state index in [1.54, 1.807) is 0 Å². The lowest BCUT2D eigenvalue weighted by Gasteiger charge is -2.17. The van der Waals surface area contributed by atoms with E-state index < -0.39 is 0 Å². The summed E-state index contributed by atoms with van der Waals surface area (Å²) in [5.74, 6) is 0.569. The maximum atomic E-state index is 12.1. The number of hydrogen-bond donors (Lipinski definition) is 2. The summed E-state index contributed by atoms with van der Waals surface area (Å²) in [7, 11) is 0. The molecule has 1 aliphatic carbocycles. The van der Waals surface area contributed by atoms with Gasteiger partial charge in [-0.05, 0) is 42.9 Å². The lowest BCUT2D eigenvalue weighted by Crippen LogP contribution is -2.31. The third-order valence-corrected chi connectivity index (χ3v) is 4.95. The fourth-order valence-corrected chi connectivity index (χ4v) is 3.59. The van der Waals surface area contributed by atoms with Crippen LogP contribution in [0.25, 0.3) is 0 Å². The fraction of sp³-hybridized carbons (Fsp3) is 0.556. The zero-order valence-corrected chi connectivity index (χ0v) is 13.5. The number of carbonyl (C=O) groups excluding carboxylic acids is 2. The van der Waals surface area contributed by atoms with Gasteiger partial charge in [0, 0.05) is 37.7 Å². The molecule has 0 unspecified atom stereocenters. The van der Waals surface area contributed by atoms with Gasteiger partial charge in [-0.3, -0.25) is 9.59 Å². The summed E-state index contributed by atoms with van der Waals surface area (Å²) in [4.78, 5) is 25.7. The molecule has 1 aliphatic heterocycles. The normalized spacial score (nSPS) is 24.2. The highest BCUT2D eigenvalue weighted by atomic mass is 16.2. The van der Waals surface area contributed by atoms with Crippen molar-refractivity contribution in [1.82, 2.24) is 5.32 Å². The standard InChI is InChI=1S/C18H25N3O2/c19-16-7-2-5-14(16)11-17(22)20-12-13-4-1-6-15(10-13)21-9-3-8-18(21)23/h1,4,6,10,14,16H,2-3,5,7-9,11-12,19H2,(H,20,22)/t14-,16+/m0/s1. The minimum absolute atomic E-state index is 0.0648. The van der Waals surface area contributed by atoms with Crippen molar-refractivity contribution >= 4 is 17.5 Å². The predicted octanol–water partition coefficient (Wildman–Crippen LogP) is 1.95. The van der Waals surface area contributed by atoms with Gasteiger partial charge < -0.3 is 16.0 Å². The molecule has 0 bridgehead atoms. The lowest BCUT2D eigenvalue weighted by atomic mass is 10.00. The Morgan fingerprint density at radius 2 is 2.17 bits per heavy atom. The van der Waals surface area contributed by atoms with E-state index in [2.05, 4.69) is 5.32 Å². The Labute approximate surface area is 137 Å². The van der Waals surface area contributed by atoms with Crippen LogP contribution in [0.3, 0.4) is 0 Å². The topological polar surface area (TPSA) is 75.4 Å². The molecule has 2 atom stereocenters. The summed E-state index contributed by atoms with van der Waals surface area (Å²) in [6, 6.07) is 8.03. The van der Waals surface area contributed by atoms with Gasteiger partial charge in [0.15, 0.2) is 0 Å². The molecule has 3 N–H and O–H groups in total. The SMILES string of the molecule is N[C@@H]1CCC[C@H]1CC(=O)NCc1cccc(N2CCCC2=O)c1. The first-order valence-corrected chi connectivity index (χ1v) is 8.55. The summed E-state index contributed by atoms with van der Waals surface area (Å²) < 4.78 is 0. The highest BCUT2D eigenvalue weighted by Gasteiger charge is 2.26. The van der Waals surface area contributed by atoms with Crippen molar-refractivity contribution in [3.05, 3.63) is 29.8 Å². The van der Waals surface area contributed by atoms with Crippen LogP contribution < -0.4 is 16.0 Å². The minimum Gasteiger partial charge on any atom is -0.352 e. The molecule has 5 heteroatoms. The fourth-order valence-electron chi connectivity index (χ4n) is 3.59. The number of hydrogen-bond acceptors (Lipinski definition) is 3. The van der Waals surface area contributed by atoms with Crippen molar-refractivity contribution in [2.75, 3.05) is 11.4 Å². The van der Waals surface area contributed by atoms with E-state index in [0.717, 1.165) is 43.5 Å². The van der Waals surface area contributed by atoms with Crippen LogP contribution in [0.5, 0.6) is 0 Å². The van der Waals surface area contributed by atoms with E-state index >= 15 is 0 Å². The zero-order valence-electron chi connectivity index (χ0n) is 13.5. The molecule has 23 heavy (non-hydrogen) atoms. The van der Waals surface area contributed by atoms with Crippen molar-refractivity contribution in [3.63, 3.8) is 0 Å². The maximum Gasteiger partial charge on any atom is 0.227 e. The molecule has 1 aromatic rings. The number of nitrogens with two attached hydrogens (primary N) is 1. The summed E-state index contributed by atoms with van der Waals surface area (Å²) in [6.45, 7) is 1.28. The number of benzene rings is 1. The van der Waals surface area contributed by atoms with E-state index in [0.29, 0.717) is 25.3 Å². The van der Waals surface area contributed by atoms with Crippen molar-refractivity contribution in [2.45, 2.75) is 51.1 Å². The van der Waals surface area contributed by atoms with Crippen LogP contribution in [0.4, 0.5) is 5.69 Å². The highest BCUT2D eigenvalue weighted by molar-refractivity contribution is 5.95. The van der Waals surface area contributed by atoms with Gasteiger partial charge in [-0.1, -0.05) is 18.6 Å². The first kappa shape index (κ1) is 16.0. The zero-order chi connectivity index (χ0) is 16.2. The molecule has 1 saturated heterocycles. The van der Waals surface area contributed by atoms with Gasteiger partial charge in [-0.2, -0.15) is 0 Å². The first-order valence-electron chi connectivity index (χ1n) is 8.55. The second-order valence-electron chi connectivity index (χ2n) is 6.65. The molecule has 0 spiro atoms. The van der Waals surface area contributed by atoms with Gasteiger partial charge in [0.1, 0.15) is 0 Å². The number of anilines is 1. The molecule has 0 aromatic heterocycles. The van der Waals surface area contributed by atoms with Gasteiger partial charge in [-0.25, -0.2) is 0 Å². The second-order valence-corrected chi connectivity index (χ2v) is 6.65. The van der Waals surface area contributed by atoms with Crippen molar-refractivity contribution < 1.29 is 9.59 Å². The number of rotatable bonds is 5. The van der Waals surface area contributed by atoms with Gasteiger partial charge in [0.2, 0.25) is 11.8 Å². The van der Waals surface area contributed by atoms with Crippen LogP contribution in [0, 0.1) is 5.92 Å². The van der Waals surface area contributed by atoms with Crippen LogP contribution in [0.1, 0.15) is 44.1 Å². The summed E-state index contributed by atoms with van der Waals surface area (Å²) in [5, 5.41) is 2.98. The van der Waals surface area contributed by atoms with E-state index in [1.165, 1.54) is 0 Å². The Balaban J connectivity index is 1.54. The molecule has 5 nitrogen and oxygen atoms in total. The van der Waals surface area contributed by atoms with Gasteiger partial charge in [0.05, 0.1) is 0 Å². The number of amides is 2. The number of carbonyl (C=O) groups is 2. The van der Waals surface area contributed by atoms with Crippen LogP contribution in [0.15, 0.2) is 24.3 Å². The van der Waals surface area contributed by atoms with Crippen molar-refractivity contribution in [3.8, 4) is 0 Å². The molecule has 2 fully saturated rings. The third kappa shape index (κ3) is 3.91. The molecule has 1 aromatic carbocycles. The number of nitrogens with one attached hydrogen (secondary N) is 1. The summed E-state index contributed by atoms with van der Waals surface area (Å²) in [6.07, 6.45) is 5.28. The molecule has 1 heterocycles. The Bertz CT molecular complexity index is 587. The lowest BCUT2D eigenvalue weighted by molar-refractivity contribution is -0.122. The molecule has 1 saturated carbocycles. The minimum atomic E-state index is 0.0648. The van der Waals surface area contributed by atoms with Gasteiger partial charge >= 0.3 is 0 Å². The third-order valence-electron chi connectivity index (χ3n) is 4.95. The number of nitrogens with zero attached hydrogens (tertiary/aromatic N) is 1. The molecule has 2 amide bonds. The Morgan fingerprint density at radius 3 is 2.87 bits per heavy atom. The van der Waals surface area contributed by atoms with Crippen molar-refractivity contribution in [2.24, 2.45) is 11.7 Å². The molecule has 124 valence electrons. The summed E-state index contributed by atoms with van der Waals surface area (Å²) in [5.41, 5.74) is 7.97. The van der Waals surface area contributed by atoms with Crippen LogP contribution in [0.2, 0.25) is 0 Å². The smallest absolute Gasteiger partial charge is 0.227 e. The molecule has 2 aliphatic rings. The van der Waals surface area contributed by atoms with Gasteiger partial charge in [0.25, 0.3) is 0 Å². The first-order chi connectivity index (χ1) is 11.1. The average molecular weight is 315 g/mol. The van der Waals surface area contributed by atoms with E-state index in [-0.39, 0.29) is 17.9 Å². The Morgan fingerprint density at radius 1 is 1.30 bits per heavy atom. The molecular formula is C18H25N3O2. The monoisotopic (exact) mass is 315 g/mol. The maximum absolute atomic E-state index is 12.1. The van der Waals surface area contributed by atoms with E-state index in [4.69, 9.17) is 5.73 Å². The average Bonchev–Trinajstić information content (AvgIpc) is 3.14. The van der Waals surface area contributed by atoms with E-state index in [9.17, 15) is 9.59 Å². The van der Waals surface area contributed by atoms with E-state index in [1.807, 2.05) is 29.2 Å². The Hall–Kier alpha value is -1.88. The largest absolute Gasteiger partial charge is 0.352 e. The van der Waals surface area contributed by atoms with Gasteiger partial charge in [-0.15, -0.1) is 0 Å². The van der Waals surface area contributed by atoms with Crippen LogP contribution in [-0.4, -0.2) is 24.4 Å². The quantitative estimate of drug-likeness (QED) is 0.872. The Kier molecular flexibility index (Phi) is 4.96. The highest BCUT2D eigenvalue weighted by Crippen LogP contribution is 2.26. The van der Waals surface area contributed by atoms with Crippen molar-refractivity contribution in [1.29, 1.82) is 0 Å². The van der Waals surface area contributed by atoms with Crippen LogP contribution in [-0.2, 0) is 16.1 Å². The molecule has 3 rings (SSSR count). The second kappa shape index (κ2) is 7.13. The molecule has 0 radical (unpaired) electrons.